The van der Waals surface area contributed by atoms with Crippen molar-refractivity contribution in [3.05, 3.63) is 39.1 Å². The molecule has 0 aromatic carbocycles. The van der Waals surface area contributed by atoms with E-state index in [-0.39, 0.29) is 18.0 Å². The summed E-state index contributed by atoms with van der Waals surface area (Å²) in [4.78, 5) is 32.0. The summed E-state index contributed by atoms with van der Waals surface area (Å²) in [6, 6.07) is 3.88. The first-order valence-electron chi connectivity index (χ1n) is 5.93. The number of aromatic nitrogens is 2. The maximum Gasteiger partial charge on any atom is 0.374 e. The van der Waals surface area contributed by atoms with Gasteiger partial charge in [0.1, 0.15) is 4.83 Å². The molecule has 3 aromatic rings. The Morgan fingerprint density at radius 2 is 2.30 bits per heavy atom. The second-order valence-corrected chi connectivity index (χ2v) is 5.75. The van der Waals surface area contributed by atoms with Crippen LogP contribution in [0.15, 0.2) is 27.7 Å². The van der Waals surface area contributed by atoms with Crippen LogP contribution >= 0.6 is 22.7 Å². The van der Waals surface area contributed by atoms with Gasteiger partial charge in [0, 0.05) is 15.8 Å². The Hall–Kier alpha value is -1.99. The summed E-state index contributed by atoms with van der Waals surface area (Å²) in [5.41, 5.74) is 0.534. The van der Waals surface area contributed by atoms with Gasteiger partial charge in [-0.15, -0.1) is 22.7 Å². The third-order valence-corrected chi connectivity index (χ3v) is 4.47. The monoisotopic (exact) mass is 306 g/mol. The Balaban J connectivity index is 2.17. The van der Waals surface area contributed by atoms with E-state index in [4.69, 9.17) is 4.74 Å². The number of aromatic amines is 1. The van der Waals surface area contributed by atoms with Gasteiger partial charge in [0.25, 0.3) is 5.56 Å². The molecule has 0 amide bonds. The molecule has 0 atom stereocenters. The minimum atomic E-state index is -0.613. The van der Waals surface area contributed by atoms with Crippen molar-refractivity contribution in [2.75, 3.05) is 6.61 Å². The number of nitrogens with zero attached hydrogens (tertiary/aromatic N) is 1. The highest BCUT2D eigenvalue weighted by molar-refractivity contribution is 7.18. The van der Waals surface area contributed by atoms with E-state index >= 15 is 0 Å². The summed E-state index contributed by atoms with van der Waals surface area (Å²) in [6.07, 6.45) is 0. The third kappa shape index (κ3) is 2.14. The van der Waals surface area contributed by atoms with Gasteiger partial charge >= 0.3 is 5.97 Å². The lowest BCUT2D eigenvalue weighted by Crippen LogP contribution is -2.17. The molecule has 0 aliphatic rings. The van der Waals surface area contributed by atoms with Gasteiger partial charge in [-0.3, -0.25) is 4.79 Å². The zero-order chi connectivity index (χ0) is 14.1. The summed E-state index contributed by atoms with van der Waals surface area (Å²) in [6.45, 7) is 1.94. The van der Waals surface area contributed by atoms with Crippen LogP contribution in [-0.2, 0) is 4.74 Å². The number of nitrogens with one attached hydrogen (secondary N) is 1. The van der Waals surface area contributed by atoms with Crippen LogP contribution in [0.1, 0.15) is 17.5 Å². The molecule has 3 rings (SSSR count). The van der Waals surface area contributed by atoms with Gasteiger partial charge in [-0.1, -0.05) is 6.07 Å². The Kier molecular flexibility index (Phi) is 3.37. The molecule has 0 saturated carbocycles. The standard InChI is InChI=1S/C13H10N2O3S2/c1-2-18-13(17)10-14-11(16)9-7(6-20-12(9)15-10)8-4-3-5-19-8/h3-6H,2H2,1H3,(H,14,15,16). The van der Waals surface area contributed by atoms with E-state index in [1.807, 2.05) is 22.9 Å². The molecule has 0 spiro atoms. The molecular formula is C13H10N2O3S2. The van der Waals surface area contributed by atoms with Gasteiger partial charge in [-0.25, -0.2) is 9.78 Å². The molecule has 7 heteroatoms. The highest BCUT2D eigenvalue weighted by Gasteiger charge is 2.17. The Morgan fingerprint density at radius 3 is 3.00 bits per heavy atom. The van der Waals surface area contributed by atoms with Crippen LogP contribution in [0.5, 0.6) is 0 Å². The van der Waals surface area contributed by atoms with Crippen molar-refractivity contribution in [2.45, 2.75) is 6.92 Å². The van der Waals surface area contributed by atoms with Gasteiger partial charge < -0.3 is 9.72 Å². The highest BCUT2D eigenvalue weighted by Crippen LogP contribution is 2.33. The molecule has 0 aliphatic carbocycles. The van der Waals surface area contributed by atoms with Crippen molar-refractivity contribution in [1.29, 1.82) is 0 Å². The van der Waals surface area contributed by atoms with Gasteiger partial charge in [-0.2, -0.15) is 0 Å². The molecule has 0 radical (unpaired) electrons. The summed E-state index contributed by atoms with van der Waals surface area (Å²) in [7, 11) is 0. The van der Waals surface area contributed by atoms with Crippen LogP contribution in [0.3, 0.4) is 0 Å². The number of carbonyl (C=O) groups is 1. The van der Waals surface area contributed by atoms with Crippen LogP contribution in [0, 0.1) is 0 Å². The average molecular weight is 306 g/mol. The number of hydrogen-bond acceptors (Lipinski definition) is 6. The first-order valence-corrected chi connectivity index (χ1v) is 7.69. The lowest BCUT2D eigenvalue weighted by molar-refractivity contribution is 0.0512. The summed E-state index contributed by atoms with van der Waals surface area (Å²) in [5, 5.41) is 4.35. The smallest absolute Gasteiger partial charge is 0.374 e. The molecule has 1 N–H and O–H groups in total. The average Bonchev–Trinajstić information content (AvgIpc) is 3.07. The lowest BCUT2D eigenvalue weighted by atomic mass is 10.2. The topological polar surface area (TPSA) is 72.0 Å². The van der Waals surface area contributed by atoms with E-state index in [0.717, 1.165) is 10.4 Å². The molecule has 5 nitrogen and oxygen atoms in total. The van der Waals surface area contributed by atoms with Crippen molar-refractivity contribution in [3.63, 3.8) is 0 Å². The number of fused-ring (bicyclic) bond motifs is 1. The van der Waals surface area contributed by atoms with Crippen molar-refractivity contribution in [3.8, 4) is 10.4 Å². The van der Waals surface area contributed by atoms with Crippen LogP contribution in [0.25, 0.3) is 20.7 Å². The normalized spacial score (nSPS) is 10.8. The fourth-order valence-corrected chi connectivity index (χ4v) is 3.62. The molecule has 20 heavy (non-hydrogen) atoms. The van der Waals surface area contributed by atoms with Crippen molar-refractivity contribution < 1.29 is 9.53 Å². The summed E-state index contributed by atoms with van der Waals surface area (Å²) >= 11 is 2.90. The largest absolute Gasteiger partial charge is 0.460 e. The third-order valence-electron chi connectivity index (χ3n) is 2.70. The summed E-state index contributed by atoms with van der Waals surface area (Å²) < 4.78 is 4.85. The molecule has 0 aliphatic heterocycles. The predicted molar refractivity (Wildman–Crippen MR) is 79.5 cm³/mol. The van der Waals surface area contributed by atoms with Crippen molar-refractivity contribution >= 4 is 38.9 Å². The number of rotatable bonds is 3. The zero-order valence-electron chi connectivity index (χ0n) is 10.5. The number of ether oxygens (including phenoxy) is 1. The van der Waals surface area contributed by atoms with Gasteiger partial charge in [-0.05, 0) is 18.4 Å². The first kappa shape index (κ1) is 13.0. The van der Waals surface area contributed by atoms with E-state index in [1.165, 1.54) is 11.3 Å². The van der Waals surface area contributed by atoms with E-state index in [1.54, 1.807) is 18.3 Å². The quantitative estimate of drug-likeness (QED) is 0.755. The van der Waals surface area contributed by atoms with Gasteiger partial charge in [0.15, 0.2) is 0 Å². The Labute approximate surface area is 121 Å². The van der Waals surface area contributed by atoms with E-state index < -0.39 is 5.97 Å². The SMILES string of the molecule is CCOC(=O)c1nc2scc(-c3cccs3)c2c(=O)[nH]1. The molecule has 3 heterocycles. The van der Waals surface area contributed by atoms with E-state index in [9.17, 15) is 9.59 Å². The summed E-state index contributed by atoms with van der Waals surface area (Å²) in [5.74, 6) is -0.665. The minimum absolute atomic E-state index is 0.0519. The van der Waals surface area contributed by atoms with Gasteiger partial charge in [0.2, 0.25) is 5.82 Å². The number of thiophene rings is 2. The number of esters is 1. The second-order valence-electron chi connectivity index (χ2n) is 3.94. The maximum absolute atomic E-state index is 12.2. The van der Waals surface area contributed by atoms with E-state index in [2.05, 4.69) is 9.97 Å². The van der Waals surface area contributed by atoms with Crippen LogP contribution in [0.4, 0.5) is 0 Å². The molecule has 102 valence electrons. The highest BCUT2D eigenvalue weighted by atomic mass is 32.1. The van der Waals surface area contributed by atoms with Crippen molar-refractivity contribution in [2.24, 2.45) is 0 Å². The minimum Gasteiger partial charge on any atom is -0.460 e. The molecular weight excluding hydrogens is 296 g/mol. The second kappa shape index (κ2) is 5.18. The number of H-pyrrole nitrogens is 1. The maximum atomic E-state index is 12.2. The molecule has 3 aromatic heterocycles. The predicted octanol–water partition coefficient (Wildman–Crippen LogP) is 2.89. The van der Waals surface area contributed by atoms with Crippen LogP contribution in [-0.4, -0.2) is 22.5 Å². The van der Waals surface area contributed by atoms with Gasteiger partial charge in [0.05, 0.1) is 12.0 Å². The number of carbonyl (C=O) groups excluding carboxylic acids is 1. The Bertz CT molecular complexity index is 818. The Morgan fingerprint density at radius 1 is 1.45 bits per heavy atom. The molecule has 0 fully saturated rings. The van der Waals surface area contributed by atoms with Crippen LogP contribution < -0.4 is 5.56 Å². The number of hydrogen-bond donors (Lipinski definition) is 1. The molecule has 0 saturated heterocycles. The lowest BCUT2D eigenvalue weighted by Gasteiger charge is -2.01. The molecule has 0 unspecified atom stereocenters. The molecule has 0 bridgehead atoms. The van der Waals surface area contributed by atoms with Crippen LogP contribution in [0.2, 0.25) is 0 Å². The fourth-order valence-electron chi connectivity index (χ4n) is 1.86. The van der Waals surface area contributed by atoms with E-state index in [0.29, 0.717) is 10.2 Å². The zero-order valence-corrected chi connectivity index (χ0v) is 12.1. The fraction of sp³-hybridized carbons (Fsp3) is 0.154. The van der Waals surface area contributed by atoms with Crippen molar-refractivity contribution in [1.82, 2.24) is 9.97 Å². The first-order chi connectivity index (χ1) is 9.70.